The van der Waals surface area contributed by atoms with E-state index >= 15 is 0 Å². The Morgan fingerprint density at radius 2 is 1.90 bits per heavy atom. The maximum absolute atomic E-state index is 11.7. The molecule has 0 heterocycles. The van der Waals surface area contributed by atoms with Gasteiger partial charge < -0.3 is 4.74 Å². The van der Waals surface area contributed by atoms with E-state index in [9.17, 15) is 8.42 Å². The highest BCUT2D eigenvalue weighted by atomic mass is 32.2. The lowest BCUT2D eigenvalue weighted by molar-refractivity contribution is 0.331. The summed E-state index contributed by atoms with van der Waals surface area (Å²) in [6.07, 6.45) is 5.15. The van der Waals surface area contributed by atoms with Crippen molar-refractivity contribution in [3.05, 3.63) is 23.8 Å². The third-order valence-electron chi connectivity index (χ3n) is 4.62. The highest BCUT2D eigenvalue weighted by Crippen LogP contribution is 2.61. The minimum Gasteiger partial charge on any atom is -0.492 e. The molecule has 0 radical (unpaired) electrons. The molecule has 2 saturated carbocycles. The van der Waals surface area contributed by atoms with Crippen LogP contribution in [0.25, 0.3) is 0 Å². The first-order valence-electron chi connectivity index (χ1n) is 7.32. The molecule has 0 aromatic heterocycles. The first-order valence-corrected chi connectivity index (χ1v) is 8.86. The molecule has 20 heavy (non-hydrogen) atoms. The van der Waals surface area contributed by atoms with E-state index in [1.54, 1.807) is 12.1 Å². The molecule has 4 nitrogen and oxygen atoms in total. The molecule has 1 aromatic rings. The summed E-state index contributed by atoms with van der Waals surface area (Å²) in [5.41, 5.74) is 1.11. The zero-order valence-electron chi connectivity index (χ0n) is 11.7. The number of hydrogen-bond acceptors (Lipinski definition) is 3. The van der Waals surface area contributed by atoms with E-state index in [1.165, 1.54) is 25.7 Å². The average molecular weight is 295 g/mol. The Labute approximate surface area is 120 Å². The van der Waals surface area contributed by atoms with Crippen molar-refractivity contribution in [1.82, 2.24) is 0 Å². The van der Waals surface area contributed by atoms with Crippen molar-refractivity contribution in [1.29, 1.82) is 0 Å². The maximum Gasteiger partial charge on any atom is 0.241 e. The first-order chi connectivity index (χ1) is 9.52. The Morgan fingerprint density at radius 1 is 1.25 bits per heavy atom. The monoisotopic (exact) mass is 295 g/mol. The quantitative estimate of drug-likeness (QED) is 0.928. The Balaban J connectivity index is 1.94. The molecule has 0 bridgehead atoms. The number of nitrogens with two attached hydrogens (primary N) is 1. The summed E-state index contributed by atoms with van der Waals surface area (Å²) in [5, 5.41) is 5.32. The summed E-state index contributed by atoms with van der Waals surface area (Å²) in [6, 6.07) is 5.48. The van der Waals surface area contributed by atoms with Gasteiger partial charge in [-0.05, 0) is 55.2 Å². The lowest BCUT2D eigenvalue weighted by atomic mass is 10.0. The Hall–Kier alpha value is -1.07. The zero-order valence-corrected chi connectivity index (χ0v) is 12.5. The van der Waals surface area contributed by atoms with E-state index in [2.05, 4.69) is 0 Å². The molecular formula is C15H21NO3S. The van der Waals surface area contributed by atoms with E-state index in [0.29, 0.717) is 18.3 Å². The number of fused-ring (bicyclic) bond motifs is 1. The van der Waals surface area contributed by atoms with Crippen LogP contribution >= 0.6 is 0 Å². The number of primary sulfonamides is 1. The second kappa shape index (κ2) is 5.04. The normalized spacial score (nSPS) is 28.8. The fourth-order valence-corrected chi connectivity index (χ4v) is 4.42. The van der Waals surface area contributed by atoms with Crippen LogP contribution in [0, 0.1) is 11.8 Å². The van der Waals surface area contributed by atoms with E-state index in [-0.39, 0.29) is 4.90 Å². The standard InChI is InChI=1S/C15H21NO3S/c1-2-19-13-8-7-10(9-14(13)20(16,17)18)15-11-5-3-4-6-12(11)15/h7-9,11-12,15H,2-6H2,1H3,(H2,16,17,18)/t11-,12+,15?. The highest BCUT2D eigenvalue weighted by molar-refractivity contribution is 7.89. The highest BCUT2D eigenvalue weighted by Gasteiger charge is 2.51. The molecule has 3 rings (SSSR count). The van der Waals surface area contributed by atoms with Gasteiger partial charge in [0.15, 0.2) is 0 Å². The zero-order chi connectivity index (χ0) is 14.3. The molecule has 1 unspecified atom stereocenters. The third-order valence-corrected chi connectivity index (χ3v) is 5.55. The molecular weight excluding hydrogens is 274 g/mol. The molecule has 110 valence electrons. The Morgan fingerprint density at radius 3 is 2.45 bits per heavy atom. The molecule has 2 aliphatic carbocycles. The van der Waals surface area contributed by atoms with Gasteiger partial charge in [-0.1, -0.05) is 18.9 Å². The minimum atomic E-state index is -3.74. The summed E-state index contributed by atoms with van der Waals surface area (Å²) in [5.74, 6) is 2.38. The van der Waals surface area contributed by atoms with Crippen LogP contribution in [0.4, 0.5) is 0 Å². The smallest absolute Gasteiger partial charge is 0.241 e. The predicted octanol–water partition coefficient (Wildman–Crippen LogP) is 2.64. The molecule has 0 spiro atoms. The second-order valence-corrected chi connectivity index (χ2v) is 7.35. The topological polar surface area (TPSA) is 69.4 Å². The van der Waals surface area contributed by atoms with Crippen molar-refractivity contribution >= 4 is 10.0 Å². The van der Waals surface area contributed by atoms with Crippen molar-refractivity contribution < 1.29 is 13.2 Å². The molecule has 0 amide bonds. The van der Waals surface area contributed by atoms with Crippen molar-refractivity contribution in [2.24, 2.45) is 17.0 Å². The van der Waals surface area contributed by atoms with Crippen LogP contribution < -0.4 is 9.88 Å². The average Bonchev–Trinajstić information content (AvgIpc) is 3.13. The van der Waals surface area contributed by atoms with E-state index in [4.69, 9.17) is 9.88 Å². The van der Waals surface area contributed by atoms with Gasteiger partial charge in [0.25, 0.3) is 0 Å². The van der Waals surface area contributed by atoms with Crippen LogP contribution in [-0.4, -0.2) is 15.0 Å². The second-order valence-electron chi connectivity index (χ2n) is 5.82. The SMILES string of the molecule is CCOc1ccc(C2[C@H]3CCCC[C@@H]23)cc1S(N)(=O)=O. The number of benzene rings is 1. The van der Waals surface area contributed by atoms with Gasteiger partial charge in [-0.25, -0.2) is 13.6 Å². The largest absolute Gasteiger partial charge is 0.492 e. The van der Waals surface area contributed by atoms with Gasteiger partial charge in [-0.15, -0.1) is 0 Å². The molecule has 1 aromatic carbocycles. The minimum absolute atomic E-state index is 0.125. The van der Waals surface area contributed by atoms with Gasteiger partial charge in [0, 0.05) is 0 Å². The van der Waals surface area contributed by atoms with Crippen LogP contribution in [0.1, 0.15) is 44.1 Å². The van der Waals surface area contributed by atoms with Crippen molar-refractivity contribution in [3.8, 4) is 5.75 Å². The van der Waals surface area contributed by atoms with Crippen LogP contribution in [0.15, 0.2) is 23.1 Å². The Kier molecular flexibility index (Phi) is 3.50. The lowest BCUT2D eigenvalue weighted by Gasteiger charge is -2.10. The van der Waals surface area contributed by atoms with Crippen molar-refractivity contribution in [2.75, 3.05) is 6.61 Å². The maximum atomic E-state index is 11.7. The number of sulfonamides is 1. The van der Waals surface area contributed by atoms with Crippen LogP contribution in [0.3, 0.4) is 0 Å². The van der Waals surface area contributed by atoms with Crippen LogP contribution in [-0.2, 0) is 10.0 Å². The Bertz CT molecular complexity index is 600. The fourth-order valence-electron chi connectivity index (χ4n) is 3.72. The predicted molar refractivity (Wildman–Crippen MR) is 77.2 cm³/mol. The summed E-state index contributed by atoms with van der Waals surface area (Å²) < 4.78 is 28.9. The molecule has 3 atom stereocenters. The van der Waals surface area contributed by atoms with Crippen LogP contribution in [0.2, 0.25) is 0 Å². The van der Waals surface area contributed by atoms with E-state index < -0.39 is 10.0 Å². The van der Waals surface area contributed by atoms with Crippen molar-refractivity contribution in [3.63, 3.8) is 0 Å². The van der Waals surface area contributed by atoms with Gasteiger partial charge in [0.1, 0.15) is 10.6 Å². The molecule has 0 saturated heterocycles. The van der Waals surface area contributed by atoms with E-state index in [0.717, 1.165) is 17.4 Å². The molecule has 2 N–H and O–H groups in total. The molecule has 5 heteroatoms. The molecule has 2 aliphatic rings. The van der Waals surface area contributed by atoms with Crippen molar-refractivity contribution in [2.45, 2.75) is 43.4 Å². The van der Waals surface area contributed by atoms with Crippen LogP contribution in [0.5, 0.6) is 5.75 Å². The summed E-state index contributed by atoms with van der Waals surface area (Å²) in [6.45, 7) is 2.26. The number of hydrogen-bond donors (Lipinski definition) is 1. The molecule has 0 aliphatic heterocycles. The van der Waals surface area contributed by atoms with Gasteiger partial charge >= 0.3 is 0 Å². The number of ether oxygens (including phenoxy) is 1. The van der Waals surface area contributed by atoms with Gasteiger partial charge in [0.05, 0.1) is 6.61 Å². The summed E-state index contributed by atoms with van der Waals surface area (Å²) >= 11 is 0. The fraction of sp³-hybridized carbons (Fsp3) is 0.600. The summed E-state index contributed by atoms with van der Waals surface area (Å²) in [7, 11) is -3.74. The number of rotatable bonds is 4. The van der Waals surface area contributed by atoms with E-state index in [1.807, 2.05) is 13.0 Å². The van der Waals surface area contributed by atoms with Gasteiger partial charge in [-0.2, -0.15) is 0 Å². The first kappa shape index (κ1) is 13.9. The molecule has 2 fully saturated rings. The lowest BCUT2D eigenvalue weighted by Crippen LogP contribution is -2.14. The van der Waals surface area contributed by atoms with Gasteiger partial charge in [0.2, 0.25) is 10.0 Å². The van der Waals surface area contributed by atoms with Gasteiger partial charge in [-0.3, -0.25) is 0 Å². The summed E-state index contributed by atoms with van der Waals surface area (Å²) in [4.78, 5) is 0.125. The third kappa shape index (κ3) is 2.44.